The molecule has 3 rings (SSSR count). The Labute approximate surface area is 155 Å². The number of halogens is 3. The first-order chi connectivity index (χ1) is 13.0. The molecule has 27 heavy (non-hydrogen) atoms. The van der Waals surface area contributed by atoms with E-state index in [4.69, 9.17) is 0 Å². The standard InChI is InChI=1S/C20H21F3N2O2/c21-18-4-2-1-3-15(18)12-25(16-7-8-16)13-19(26)24-11-14-5-9-17(10-6-14)27-20(22)23/h1-6,9-10,16,20H,7-8,11-13H2,(H,24,26). The summed E-state index contributed by atoms with van der Waals surface area (Å²) in [5.41, 5.74) is 1.35. The van der Waals surface area contributed by atoms with E-state index >= 15 is 0 Å². The van der Waals surface area contributed by atoms with Crippen molar-refractivity contribution < 1.29 is 22.7 Å². The minimum atomic E-state index is -2.86. The molecule has 2 aromatic carbocycles. The smallest absolute Gasteiger partial charge is 0.387 e. The van der Waals surface area contributed by atoms with E-state index in [9.17, 15) is 18.0 Å². The van der Waals surface area contributed by atoms with Gasteiger partial charge in [-0.05, 0) is 36.6 Å². The third-order valence-corrected chi connectivity index (χ3v) is 4.38. The molecule has 0 saturated heterocycles. The highest BCUT2D eigenvalue weighted by Crippen LogP contribution is 2.28. The summed E-state index contributed by atoms with van der Waals surface area (Å²) in [6.45, 7) is -2.00. The topological polar surface area (TPSA) is 41.6 Å². The second-order valence-corrected chi connectivity index (χ2v) is 6.53. The van der Waals surface area contributed by atoms with Crippen molar-refractivity contribution in [1.82, 2.24) is 10.2 Å². The number of benzene rings is 2. The summed E-state index contributed by atoms with van der Waals surface area (Å²) < 4.78 is 42.4. The van der Waals surface area contributed by atoms with E-state index in [0.29, 0.717) is 18.2 Å². The average molecular weight is 378 g/mol. The minimum absolute atomic E-state index is 0.0740. The number of hydrogen-bond donors (Lipinski definition) is 1. The fourth-order valence-corrected chi connectivity index (χ4v) is 2.83. The maximum absolute atomic E-state index is 13.9. The van der Waals surface area contributed by atoms with Gasteiger partial charge in [0.1, 0.15) is 11.6 Å². The number of nitrogens with zero attached hydrogens (tertiary/aromatic N) is 1. The number of nitrogens with one attached hydrogen (secondary N) is 1. The number of carbonyl (C=O) groups excluding carboxylic acids is 1. The fourth-order valence-electron chi connectivity index (χ4n) is 2.83. The van der Waals surface area contributed by atoms with Crippen LogP contribution in [0.25, 0.3) is 0 Å². The van der Waals surface area contributed by atoms with Crippen LogP contribution in [0.3, 0.4) is 0 Å². The molecule has 4 nitrogen and oxygen atoms in total. The summed E-state index contributed by atoms with van der Waals surface area (Å²) in [5.74, 6) is -0.356. The Morgan fingerprint density at radius 2 is 1.85 bits per heavy atom. The number of carbonyl (C=O) groups is 1. The highest BCUT2D eigenvalue weighted by molar-refractivity contribution is 5.78. The van der Waals surface area contributed by atoms with Crippen LogP contribution in [0.5, 0.6) is 5.75 Å². The van der Waals surface area contributed by atoms with E-state index in [1.807, 2.05) is 4.90 Å². The van der Waals surface area contributed by atoms with E-state index in [2.05, 4.69) is 10.1 Å². The van der Waals surface area contributed by atoms with Crippen LogP contribution in [-0.4, -0.2) is 30.0 Å². The third-order valence-electron chi connectivity index (χ3n) is 4.38. The van der Waals surface area contributed by atoms with Gasteiger partial charge in [0.2, 0.25) is 5.91 Å². The van der Waals surface area contributed by atoms with E-state index < -0.39 is 6.61 Å². The second-order valence-electron chi connectivity index (χ2n) is 6.53. The summed E-state index contributed by atoms with van der Waals surface area (Å²) in [6.07, 6.45) is 2.01. The summed E-state index contributed by atoms with van der Waals surface area (Å²) in [5, 5.41) is 2.81. The molecule has 0 radical (unpaired) electrons. The number of hydrogen-bond acceptors (Lipinski definition) is 3. The van der Waals surface area contributed by atoms with Gasteiger partial charge in [0.15, 0.2) is 0 Å². The van der Waals surface area contributed by atoms with Gasteiger partial charge in [0.25, 0.3) is 0 Å². The molecule has 0 aromatic heterocycles. The van der Waals surface area contributed by atoms with Gasteiger partial charge >= 0.3 is 6.61 Å². The molecule has 7 heteroatoms. The second kappa shape index (κ2) is 8.90. The maximum atomic E-state index is 13.9. The Morgan fingerprint density at radius 3 is 2.48 bits per heavy atom. The number of alkyl halides is 2. The van der Waals surface area contributed by atoms with Gasteiger partial charge in [-0.15, -0.1) is 0 Å². The molecule has 1 aliphatic rings. The van der Waals surface area contributed by atoms with Crippen molar-refractivity contribution >= 4 is 5.91 Å². The first kappa shape index (κ1) is 19.2. The Bertz CT molecular complexity index is 764. The molecular formula is C20H21F3N2O2. The third kappa shape index (κ3) is 5.99. The van der Waals surface area contributed by atoms with Crippen LogP contribution in [0.1, 0.15) is 24.0 Å². The summed E-state index contributed by atoms with van der Waals surface area (Å²) in [4.78, 5) is 14.3. The van der Waals surface area contributed by atoms with Crippen molar-refractivity contribution in [3.05, 3.63) is 65.5 Å². The maximum Gasteiger partial charge on any atom is 0.387 e. The van der Waals surface area contributed by atoms with Crippen LogP contribution >= 0.6 is 0 Å². The van der Waals surface area contributed by atoms with Crippen molar-refractivity contribution in [2.75, 3.05) is 6.54 Å². The SMILES string of the molecule is O=C(CN(Cc1ccccc1F)C1CC1)NCc1ccc(OC(F)F)cc1. The molecule has 2 aromatic rings. The molecule has 1 fully saturated rings. The molecule has 0 spiro atoms. The molecule has 0 atom stereocenters. The molecule has 0 aliphatic heterocycles. The van der Waals surface area contributed by atoms with Crippen LogP contribution in [-0.2, 0) is 17.9 Å². The van der Waals surface area contributed by atoms with Crippen LogP contribution in [0.2, 0.25) is 0 Å². The van der Waals surface area contributed by atoms with Crippen LogP contribution in [0.4, 0.5) is 13.2 Å². The largest absolute Gasteiger partial charge is 0.435 e. The van der Waals surface area contributed by atoms with Gasteiger partial charge in [0.05, 0.1) is 6.54 Å². The molecule has 1 aliphatic carbocycles. The fraction of sp³-hybridized carbons (Fsp3) is 0.350. The van der Waals surface area contributed by atoms with E-state index in [1.165, 1.54) is 18.2 Å². The van der Waals surface area contributed by atoms with Crippen molar-refractivity contribution in [1.29, 1.82) is 0 Å². The lowest BCUT2D eigenvalue weighted by atomic mass is 10.2. The molecule has 1 amide bonds. The van der Waals surface area contributed by atoms with Crippen molar-refractivity contribution in [3.8, 4) is 5.75 Å². The zero-order valence-electron chi connectivity index (χ0n) is 14.7. The Hall–Kier alpha value is -2.54. The van der Waals surface area contributed by atoms with Gasteiger partial charge in [0, 0.05) is 24.7 Å². The van der Waals surface area contributed by atoms with Gasteiger partial charge < -0.3 is 10.1 Å². The number of ether oxygens (including phenoxy) is 1. The van der Waals surface area contributed by atoms with Gasteiger partial charge in [-0.25, -0.2) is 4.39 Å². The summed E-state index contributed by atoms with van der Waals surface area (Å²) in [6, 6.07) is 13.0. The van der Waals surface area contributed by atoms with Crippen LogP contribution < -0.4 is 10.1 Å². The molecular weight excluding hydrogens is 357 g/mol. The molecule has 0 heterocycles. The Balaban J connectivity index is 1.50. The Kier molecular flexibility index (Phi) is 6.34. The monoisotopic (exact) mass is 378 g/mol. The minimum Gasteiger partial charge on any atom is -0.435 e. The normalized spacial score (nSPS) is 13.8. The number of amides is 1. The molecule has 1 saturated carbocycles. The average Bonchev–Trinajstić information content (AvgIpc) is 3.47. The highest BCUT2D eigenvalue weighted by Gasteiger charge is 2.30. The predicted molar refractivity (Wildman–Crippen MR) is 94.8 cm³/mol. The zero-order valence-corrected chi connectivity index (χ0v) is 14.7. The Morgan fingerprint density at radius 1 is 1.15 bits per heavy atom. The van der Waals surface area contributed by atoms with E-state index in [1.54, 1.807) is 30.3 Å². The van der Waals surface area contributed by atoms with Crippen LogP contribution in [0, 0.1) is 5.82 Å². The first-order valence-corrected chi connectivity index (χ1v) is 8.79. The van der Waals surface area contributed by atoms with Crippen molar-refractivity contribution in [2.45, 2.75) is 38.6 Å². The van der Waals surface area contributed by atoms with Crippen molar-refractivity contribution in [2.24, 2.45) is 0 Å². The summed E-state index contributed by atoms with van der Waals surface area (Å²) >= 11 is 0. The molecule has 0 unspecified atom stereocenters. The molecule has 144 valence electrons. The van der Waals surface area contributed by atoms with Crippen LogP contribution in [0.15, 0.2) is 48.5 Å². The molecule has 0 bridgehead atoms. The van der Waals surface area contributed by atoms with Crippen molar-refractivity contribution in [3.63, 3.8) is 0 Å². The first-order valence-electron chi connectivity index (χ1n) is 8.79. The lowest BCUT2D eigenvalue weighted by Crippen LogP contribution is -2.38. The lowest BCUT2D eigenvalue weighted by molar-refractivity contribution is -0.122. The van der Waals surface area contributed by atoms with E-state index in [0.717, 1.165) is 18.4 Å². The van der Waals surface area contributed by atoms with E-state index in [-0.39, 0.29) is 30.6 Å². The lowest BCUT2D eigenvalue weighted by Gasteiger charge is -2.21. The highest BCUT2D eigenvalue weighted by atomic mass is 19.3. The van der Waals surface area contributed by atoms with Gasteiger partial charge in [-0.3, -0.25) is 9.69 Å². The molecule has 1 N–H and O–H groups in total. The summed E-state index contributed by atoms with van der Waals surface area (Å²) in [7, 11) is 0. The quantitative estimate of drug-likeness (QED) is 0.723. The van der Waals surface area contributed by atoms with Gasteiger partial charge in [-0.2, -0.15) is 8.78 Å². The zero-order chi connectivity index (χ0) is 19.2. The van der Waals surface area contributed by atoms with Gasteiger partial charge in [-0.1, -0.05) is 30.3 Å². The number of rotatable bonds is 9. The predicted octanol–water partition coefficient (Wildman–Crippen LogP) is 3.71.